The van der Waals surface area contributed by atoms with Crippen LogP contribution in [0.1, 0.15) is 53.4 Å². The van der Waals surface area contributed by atoms with E-state index >= 15 is 0 Å². The zero-order valence-corrected chi connectivity index (χ0v) is 21.8. The Morgan fingerprint density at radius 2 is 2.03 bits per heavy atom. The van der Waals surface area contributed by atoms with Crippen molar-refractivity contribution in [2.24, 2.45) is 0 Å². The van der Waals surface area contributed by atoms with Crippen molar-refractivity contribution in [3.63, 3.8) is 0 Å². The molecule has 0 saturated heterocycles. The first-order chi connectivity index (χ1) is 17.2. The predicted octanol–water partition coefficient (Wildman–Crippen LogP) is 2.74. The number of amides is 1. The van der Waals surface area contributed by atoms with Crippen molar-refractivity contribution < 1.29 is 18.3 Å². The van der Waals surface area contributed by atoms with Gasteiger partial charge in [0.25, 0.3) is 5.91 Å². The molecule has 1 amide bonds. The second-order valence-corrected chi connectivity index (χ2v) is 11.9. The van der Waals surface area contributed by atoms with Crippen LogP contribution in [0.15, 0.2) is 42.6 Å². The number of sulfonamides is 1. The van der Waals surface area contributed by atoms with Crippen LogP contribution in [0.5, 0.6) is 0 Å². The molecule has 192 valence electrons. The number of fused-ring (bicyclic) bond motifs is 2. The summed E-state index contributed by atoms with van der Waals surface area (Å²) in [6.07, 6.45) is 3.04. The Balaban J connectivity index is 1.51. The number of rotatable bonds is 4. The molecule has 0 saturated carbocycles. The number of aryl methyl sites for hydroxylation is 2. The van der Waals surface area contributed by atoms with E-state index in [1.807, 2.05) is 31.3 Å². The zero-order chi connectivity index (χ0) is 25.6. The molecule has 2 aliphatic rings. The van der Waals surface area contributed by atoms with Crippen molar-refractivity contribution in [2.45, 2.75) is 57.8 Å². The zero-order valence-electron chi connectivity index (χ0n) is 21.0. The van der Waals surface area contributed by atoms with Crippen LogP contribution in [-0.2, 0) is 29.4 Å². The molecule has 2 aromatic carbocycles. The molecule has 36 heavy (non-hydrogen) atoms. The number of β-amino-alcohol motifs (C(OH)–C–C–N with tert-alkyl or cyclic N) is 1. The standard InChI is InChI=1S/C27H34N4O4S/c1-4-21-18-8-6-7-17(11-18)12-22(25(32)15-28-21)29-27(33)20-13-23-26-19(9-10-36(34,35)30(23)3)16-31(5-2)24(26)14-20/h6-8,11,13-14,16,21-22,25,28,32H,4-5,9-10,12,15H2,1-3H3,(H,29,33)/t21-,22-,25?/m0/s1. The Hall–Kier alpha value is -2.88. The number of nitrogens with one attached hydrogen (secondary N) is 2. The van der Waals surface area contributed by atoms with E-state index in [9.17, 15) is 18.3 Å². The fourth-order valence-corrected chi connectivity index (χ4v) is 6.67. The minimum atomic E-state index is -3.49. The van der Waals surface area contributed by atoms with E-state index < -0.39 is 22.2 Å². The number of nitrogens with zero attached hydrogens (tertiary/aromatic N) is 2. The first-order valence-electron chi connectivity index (χ1n) is 12.6. The number of hydrogen-bond acceptors (Lipinski definition) is 5. The van der Waals surface area contributed by atoms with Crippen LogP contribution in [0.3, 0.4) is 0 Å². The SMILES string of the molecule is CC[C@@H]1NCC(O)[C@@H](NC(=O)c2cc3c4c(cn(CC)c4c2)CCS(=O)(=O)N3C)Cc2cccc1c2. The predicted molar refractivity (Wildman–Crippen MR) is 142 cm³/mol. The molecule has 3 N–H and O–H groups in total. The molecule has 8 nitrogen and oxygen atoms in total. The Bertz CT molecular complexity index is 1410. The summed E-state index contributed by atoms with van der Waals surface area (Å²) in [4.78, 5) is 13.6. The lowest BCUT2D eigenvalue weighted by molar-refractivity contribution is 0.0826. The average Bonchev–Trinajstić information content (AvgIpc) is 3.21. The summed E-state index contributed by atoms with van der Waals surface area (Å²) in [5.74, 6) is -0.304. The minimum Gasteiger partial charge on any atom is -0.390 e. The molecule has 3 aromatic rings. The fourth-order valence-electron chi connectivity index (χ4n) is 5.47. The summed E-state index contributed by atoms with van der Waals surface area (Å²) in [6.45, 7) is 5.20. The van der Waals surface area contributed by atoms with Gasteiger partial charge in [-0.25, -0.2) is 8.42 Å². The number of hydrogen-bond donors (Lipinski definition) is 3. The molecule has 1 unspecified atom stereocenters. The molecule has 0 radical (unpaired) electrons. The highest BCUT2D eigenvalue weighted by molar-refractivity contribution is 7.92. The number of aliphatic hydroxyl groups excluding tert-OH is 1. The number of benzene rings is 2. The molecule has 0 aliphatic carbocycles. The Kier molecular flexibility index (Phi) is 6.57. The third kappa shape index (κ3) is 4.40. The van der Waals surface area contributed by atoms with Gasteiger partial charge in [-0.2, -0.15) is 0 Å². The van der Waals surface area contributed by atoms with Gasteiger partial charge in [-0.15, -0.1) is 0 Å². The van der Waals surface area contributed by atoms with Gasteiger partial charge < -0.3 is 20.3 Å². The quantitative estimate of drug-likeness (QED) is 0.501. The monoisotopic (exact) mass is 510 g/mol. The van der Waals surface area contributed by atoms with Crippen LogP contribution < -0.4 is 14.9 Å². The molecule has 3 atom stereocenters. The van der Waals surface area contributed by atoms with E-state index in [1.54, 1.807) is 13.1 Å². The van der Waals surface area contributed by atoms with Gasteiger partial charge in [0.15, 0.2) is 0 Å². The van der Waals surface area contributed by atoms with E-state index in [1.165, 1.54) is 9.87 Å². The first-order valence-corrected chi connectivity index (χ1v) is 14.3. The maximum absolute atomic E-state index is 13.6. The van der Waals surface area contributed by atoms with Crippen LogP contribution >= 0.6 is 0 Å². The topological polar surface area (TPSA) is 104 Å². The third-order valence-corrected chi connectivity index (χ3v) is 9.35. The average molecular weight is 511 g/mol. The van der Waals surface area contributed by atoms with Gasteiger partial charge in [0.1, 0.15) is 0 Å². The summed E-state index contributed by atoms with van der Waals surface area (Å²) >= 11 is 0. The number of aliphatic hydroxyl groups is 1. The van der Waals surface area contributed by atoms with Crippen LogP contribution in [-0.4, -0.2) is 55.5 Å². The van der Waals surface area contributed by atoms with Crippen molar-refractivity contribution in [1.82, 2.24) is 15.2 Å². The smallest absolute Gasteiger partial charge is 0.251 e. The third-order valence-electron chi connectivity index (χ3n) is 7.60. The van der Waals surface area contributed by atoms with E-state index in [2.05, 4.69) is 34.3 Å². The number of anilines is 1. The van der Waals surface area contributed by atoms with E-state index in [-0.39, 0.29) is 17.7 Å². The Morgan fingerprint density at radius 1 is 1.22 bits per heavy atom. The van der Waals surface area contributed by atoms with Gasteiger partial charge in [-0.05, 0) is 55.0 Å². The van der Waals surface area contributed by atoms with Gasteiger partial charge >= 0.3 is 0 Å². The lowest BCUT2D eigenvalue weighted by Crippen LogP contribution is -2.48. The lowest BCUT2D eigenvalue weighted by Gasteiger charge is -2.25. The first kappa shape index (κ1) is 24.8. The van der Waals surface area contributed by atoms with Crippen LogP contribution in [0.2, 0.25) is 0 Å². The summed E-state index contributed by atoms with van der Waals surface area (Å²) < 4.78 is 29.0. The lowest BCUT2D eigenvalue weighted by atomic mass is 9.98. The number of aromatic nitrogens is 1. The highest BCUT2D eigenvalue weighted by Gasteiger charge is 2.30. The molecule has 0 fully saturated rings. The van der Waals surface area contributed by atoms with Crippen molar-refractivity contribution in [2.75, 3.05) is 23.7 Å². The highest BCUT2D eigenvalue weighted by atomic mass is 32.2. The summed E-state index contributed by atoms with van der Waals surface area (Å²) in [5.41, 5.74) is 4.94. The fraction of sp³-hybridized carbons (Fsp3) is 0.444. The van der Waals surface area contributed by atoms with E-state index in [0.717, 1.165) is 28.5 Å². The molecule has 2 aliphatic heterocycles. The largest absolute Gasteiger partial charge is 0.390 e. The van der Waals surface area contributed by atoms with E-state index in [4.69, 9.17) is 0 Å². The molecule has 9 heteroatoms. The van der Waals surface area contributed by atoms with Crippen LogP contribution in [0, 0.1) is 0 Å². The molecule has 2 bridgehead atoms. The van der Waals surface area contributed by atoms with Gasteiger partial charge in [-0.1, -0.05) is 31.2 Å². The van der Waals surface area contributed by atoms with Crippen LogP contribution in [0.4, 0.5) is 5.69 Å². The van der Waals surface area contributed by atoms with Crippen molar-refractivity contribution in [1.29, 1.82) is 0 Å². The molecule has 0 spiro atoms. The molecule has 3 heterocycles. The molecular formula is C27H34N4O4S. The second-order valence-electron chi connectivity index (χ2n) is 9.83. The van der Waals surface area contributed by atoms with Gasteiger partial charge in [-0.3, -0.25) is 9.10 Å². The Morgan fingerprint density at radius 3 is 2.78 bits per heavy atom. The van der Waals surface area contributed by atoms with Gasteiger partial charge in [0.05, 0.1) is 29.1 Å². The van der Waals surface area contributed by atoms with Crippen molar-refractivity contribution in [3.8, 4) is 0 Å². The highest BCUT2D eigenvalue weighted by Crippen LogP contribution is 2.37. The minimum absolute atomic E-state index is 0.0294. The maximum atomic E-state index is 13.6. The van der Waals surface area contributed by atoms with Crippen molar-refractivity contribution >= 4 is 32.5 Å². The normalized spacial score (nSPS) is 23.4. The van der Waals surface area contributed by atoms with Gasteiger partial charge in [0, 0.05) is 43.3 Å². The Labute approximate surface area is 212 Å². The van der Waals surface area contributed by atoms with E-state index in [0.29, 0.717) is 37.2 Å². The summed E-state index contributed by atoms with van der Waals surface area (Å²) in [5, 5.41) is 18.4. The molecule has 1 aromatic heterocycles. The molecule has 5 rings (SSSR count). The number of carbonyl (C=O) groups excluding carboxylic acids is 1. The summed E-state index contributed by atoms with van der Waals surface area (Å²) in [6, 6.07) is 11.4. The van der Waals surface area contributed by atoms with Gasteiger partial charge in [0.2, 0.25) is 10.0 Å². The van der Waals surface area contributed by atoms with Crippen molar-refractivity contribution in [3.05, 3.63) is 64.8 Å². The summed E-state index contributed by atoms with van der Waals surface area (Å²) in [7, 11) is -1.94. The van der Waals surface area contributed by atoms with Crippen LogP contribution in [0.25, 0.3) is 10.9 Å². The molecular weight excluding hydrogens is 476 g/mol. The number of carbonyl (C=O) groups is 1. The second kappa shape index (κ2) is 9.53. The maximum Gasteiger partial charge on any atom is 0.251 e.